The molecule has 0 saturated heterocycles. The molecule has 66 heavy (non-hydrogen) atoms. The van der Waals surface area contributed by atoms with Crippen LogP contribution in [0.25, 0.3) is 0 Å². The number of unbranched alkanes of at least 4 members (excludes halogenated alkanes) is 10. The quantitative estimate of drug-likeness (QED) is 0.0262. The topological polar surface area (TPSA) is 78.9 Å². The van der Waals surface area contributed by atoms with E-state index in [1.165, 1.54) is 44.9 Å². The van der Waals surface area contributed by atoms with Crippen molar-refractivity contribution in [3.63, 3.8) is 0 Å². The van der Waals surface area contributed by atoms with Crippen molar-refractivity contribution in [3.05, 3.63) is 146 Å². The molecule has 0 aliphatic rings. The first-order chi connectivity index (χ1) is 32.5. The van der Waals surface area contributed by atoms with E-state index >= 15 is 0 Å². The number of hydrogen-bond donors (Lipinski definition) is 0. The van der Waals surface area contributed by atoms with Gasteiger partial charge in [0.25, 0.3) is 0 Å². The summed E-state index contributed by atoms with van der Waals surface area (Å²) in [6.07, 6.45) is 75.8. The Morgan fingerprint density at radius 2 is 0.667 bits per heavy atom. The number of allylic oxidation sites excluding steroid dienone is 23. The lowest BCUT2D eigenvalue weighted by Crippen LogP contribution is -2.30. The monoisotopic (exact) mass is 909 g/mol. The molecule has 368 valence electrons. The SMILES string of the molecule is CC/C=C\C/C=C\C/C=C\C/C=C\C/C=C\C/C=C\CCC(=O)OCC(COC(=O)CCCCCCC/C=C\CCCCCCC)OC(=O)C/C=C\C/C=C\C/C=C\C/C=C\C/C=C\CC. The Morgan fingerprint density at radius 3 is 1.09 bits per heavy atom. The molecule has 0 spiro atoms. The predicted molar refractivity (Wildman–Crippen MR) is 283 cm³/mol. The second-order valence-electron chi connectivity index (χ2n) is 16.3. The maximum atomic E-state index is 12.7. The maximum absolute atomic E-state index is 12.7. The Morgan fingerprint density at radius 1 is 0.333 bits per heavy atom. The van der Waals surface area contributed by atoms with Gasteiger partial charge in [0, 0.05) is 12.8 Å². The largest absolute Gasteiger partial charge is 0.462 e. The van der Waals surface area contributed by atoms with Gasteiger partial charge in [0.15, 0.2) is 6.10 Å². The average Bonchev–Trinajstić information content (AvgIpc) is 3.31. The molecule has 0 amide bonds. The molecule has 0 rings (SSSR count). The smallest absolute Gasteiger partial charge is 0.310 e. The van der Waals surface area contributed by atoms with Gasteiger partial charge in [-0.05, 0) is 109 Å². The first kappa shape index (κ1) is 61.3. The zero-order valence-corrected chi connectivity index (χ0v) is 41.9. The van der Waals surface area contributed by atoms with Gasteiger partial charge in [-0.15, -0.1) is 0 Å². The summed E-state index contributed by atoms with van der Waals surface area (Å²) >= 11 is 0. The Kier molecular flexibility index (Phi) is 49.1. The zero-order chi connectivity index (χ0) is 47.9. The molecule has 0 aromatic heterocycles. The lowest BCUT2D eigenvalue weighted by molar-refractivity contribution is -0.166. The second-order valence-corrected chi connectivity index (χ2v) is 16.3. The van der Waals surface area contributed by atoms with Crippen LogP contribution in [0.2, 0.25) is 0 Å². The zero-order valence-electron chi connectivity index (χ0n) is 41.9. The maximum Gasteiger partial charge on any atom is 0.310 e. The van der Waals surface area contributed by atoms with Gasteiger partial charge in [-0.3, -0.25) is 14.4 Å². The first-order valence-electron chi connectivity index (χ1n) is 25.8. The third-order valence-corrected chi connectivity index (χ3v) is 10.1. The van der Waals surface area contributed by atoms with Crippen LogP contribution in [0.3, 0.4) is 0 Å². The Balaban J connectivity index is 4.66. The van der Waals surface area contributed by atoms with Gasteiger partial charge < -0.3 is 14.2 Å². The minimum Gasteiger partial charge on any atom is -0.462 e. The Labute approximate surface area is 404 Å². The van der Waals surface area contributed by atoms with Gasteiger partial charge in [0.05, 0.1) is 6.42 Å². The summed E-state index contributed by atoms with van der Waals surface area (Å²) in [5.41, 5.74) is 0. The van der Waals surface area contributed by atoms with Crippen LogP contribution in [0.15, 0.2) is 146 Å². The minimum atomic E-state index is -0.872. The lowest BCUT2D eigenvalue weighted by atomic mass is 10.1. The molecule has 0 fully saturated rings. The number of carbonyl (C=O) groups is 3. The number of carbonyl (C=O) groups excluding carboxylic acids is 3. The molecule has 0 aromatic rings. The summed E-state index contributed by atoms with van der Waals surface area (Å²) in [5, 5.41) is 0. The van der Waals surface area contributed by atoms with Crippen molar-refractivity contribution in [2.45, 2.75) is 200 Å². The summed E-state index contributed by atoms with van der Waals surface area (Å²) in [6, 6.07) is 0. The molecule has 6 heteroatoms. The van der Waals surface area contributed by atoms with E-state index in [1.54, 1.807) is 6.08 Å². The average molecular weight is 909 g/mol. The Hall–Kier alpha value is -4.71. The van der Waals surface area contributed by atoms with Crippen LogP contribution in [0, 0.1) is 0 Å². The van der Waals surface area contributed by atoms with Crippen LogP contribution in [0.1, 0.15) is 194 Å². The third kappa shape index (κ3) is 50.3. The van der Waals surface area contributed by atoms with Crippen LogP contribution in [-0.4, -0.2) is 37.2 Å². The standard InChI is InChI=1S/C60H92O6/c1-4-7-10-13-16-19-22-25-28-29-30-31-33-35-38-41-44-47-50-53-59(62)65-56-57(55-64-58(61)52-49-46-43-40-37-34-27-24-21-18-15-12-9-6-3)66-60(63)54-51-48-45-42-39-36-32-26-23-20-17-14-11-8-5-2/h7-8,10-11,16-17,19-20,24-28,30-32,35,38-39,42,44,47-48,51,57H,4-6,9,12-15,18,21-23,29,33-34,36-37,40-41,43,45-46,49-50,52-56H2,1-3H3/b10-7-,11-8-,19-16-,20-17-,27-24-,28-25-,31-30-,32-26-,38-35-,42-39-,47-44-,51-48-. The van der Waals surface area contributed by atoms with Gasteiger partial charge in [0.1, 0.15) is 13.2 Å². The fraction of sp³-hybridized carbons (Fsp3) is 0.550. The van der Waals surface area contributed by atoms with E-state index in [4.69, 9.17) is 14.2 Å². The van der Waals surface area contributed by atoms with Crippen molar-refractivity contribution < 1.29 is 28.6 Å². The van der Waals surface area contributed by atoms with E-state index in [0.717, 1.165) is 96.3 Å². The van der Waals surface area contributed by atoms with Gasteiger partial charge in [0.2, 0.25) is 0 Å². The van der Waals surface area contributed by atoms with E-state index in [1.807, 2.05) is 18.2 Å². The van der Waals surface area contributed by atoms with Crippen molar-refractivity contribution in [2.75, 3.05) is 13.2 Å². The van der Waals surface area contributed by atoms with Crippen molar-refractivity contribution in [3.8, 4) is 0 Å². The molecular formula is C60H92O6. The second kappa shape index (κ2) is 52.9. The number of hydrogen-bond acceptors (Lipinski definition) is 6. The summed E-state index contributed by atoms with van der Waals surface area (Å²) in [4.78, 5) is 37.9. The highest BCUT2D eigenvalue weighted by atomic mass is 16.6. The van der Waals surface area contributed by atoms with Gasteiger partial charge in [-0.1, -0.05) is 212 Å². The molecule has 0 bridgehead atoms. The predicted octanol–water partition coefficient (Wildman–Crippen LogP) is 17.3. The normalized spacial score (nSPS) is 13.3. The van der Waals surface area contributed by atoms with Crippen LogP contribution in [-0.2, 0) is 28.6 Å². The molecule has 1 unspecified atom stereocenters. The van der Waals surface area contributed by atoms with E-state index in [-0.39, 0.29) is 32.0 Å². The molecule has 0 aliphatic heterocycles. The molecule has 1 atom stereocenters. The first-order valence-corrected chi connectivity index (χ1v) is 25.8. The summed E-state index contributed by atoms with van der Waals surface area (Å²) in [5.74, 6) is -1.19. The fourth-order valence-electron chi connectivity index (χ4n) is 6.30. The van der Waals surface area contributed by atoms with Crippen molar-refractivity contribution in [1.82, 2.24) is 0 Å². The van der Waals surface area contributed by atoms with E-state index in [0.29, 0.717) is 19.3 Å². The number of esters is 3. The van der Waals surface area contributed by atoms with E-state index < -0.39 is 18.0 Å². The highest BCUT2D eigenvalue weighted by molar-refractivity contribution is 5.72. The number of rotatable bonds is 44. The highest BCUT2D eigenvalue weighted by Crippen LogP contribution is 2.11. The summed E-state index contributed by atoms with van der Waals surface area (Å²) in [7, 11) is 0. The number of ether oxygens (including phenoxy) is 3. The van der Waals surface area contributed by atoms with Gasteiger partial charge in [-0.2, -0.15) is 0 Å². The van der Waals surface area contributed by atoms with E-state index in [9.17, 15) is 14.4 Å². The molecule has 6 nitrogen and oxygen atoms in total. The van der Waals surface area contributed by atoms with Crippen LogP contribution in [0.5, 0.6) is 0 Å². The fourth-order valence-corrected chi connectivity index (χ4v) is 6.30. The van der Waals surface area contributed by atoms with Crippen LogP contribution < -0.4 is 0 Å². The molecule has 0 radical (unpaired) electrons. The Bertz CT molecular complexity index is 1510. The van der Waals surface area contributed by atoms with Crippen LogP contribution in [0.4, 0.5) is 0 Å². The minimum absolute atomic E-state index is 0.0729. The van der Waals surface area contributed by atoms with Gasteiger partial charge in [-0.25, -0.2) is 0 Å². The molecule has 0 saturated carbocycles. The molecule has 0 heterocycles. The molecule has 0 aliphatic carbocycles. The highest BCUT2D eigenvalue weighted by Gasteiger charge is 2.19. The van der Waals surface area contributed by atoms with Crippen molar-refractivity contribution >= 4 is 17.9 Å². The molecule has 0 aromatic carbocycles. The van der Waals surface area contributed by atoms with Crippen molar-refractivity contribution in [1.29, 1.82) is 0 Å². The van der Waals surface area contributed by atoms with Crippen LogP contribution >= 0.6 is 0 Å². The molecular weight excluding hydrogens is 817 g/mol. The van der Waals surface area contributed by atoms with Gasteiger partial charge >= 0.3 is 17.9 Å². The van der Waals surface area contributed by atoms with Crippen molar-refractivity contribution in [2.24, 2.45) is 0 Å². The third-order valence-electron chi connectivity index (χ3n) is 10.1. The summed E-state index contributed by atoms with van der Waals surface area (Å²) in [6.45, 7) is 6.21. The molecule has 0 N–H and O–H groups in total. The van der Waals surface area contributed by atoms with E-state index in [2.05, 4.69) is 142 Å². The summed E-state index contributed by atoms with van der Waals surface area (Å²) < 4.78 is 16.6. The lowest BCUT2D eigenvalue weighted by Gasteiger charge is -2.18.